The molecule has 5 heteroatoms. The lowest BCUT2D eigenvalue weighted by atomic mass is 9.96. The van der Waals surface area contributed by atoms with Crippen molar-refractivity contribution in [2.24, 2.45) is 5.92 Å². The largest absolute Gasteiger partial charge is 0.486 e. The molecule has 2 atom stereocenters. The number of benzene rings is 1. The summed E-state index contributed by atoms with van der Waals surface area (Å²) in [7, 11) is 0. The number of carbonyl (C=O) groups excluding carboxylic acids is 1. The lowest BCUT2D eigenvalue weighted by molar-refractivity contribution is -0.111. The van der Waals surface area contributed by atoms with E-state index in [0.717, 1.165) is 78.3 Å². The molecule has 1 saturated carbocycles. The van der Waals surface area contributed by atoms with Crippen LogP contribution in [-0.4, -0.2) is 43.0 Å². The second kappa shape index (κ2) is 10.3. The Balaban J connectivity index is 1.30. The van der Waals surface area contributed by atoms with E-state index in [4.69, 9.17) is 9.15 Å². The van der Waals surface area contributed by atoms with Crippen LogP contribution in [0.25, 0.3) is 17.0 Å². The van der Waals surface area contributed by atoms with Gasteiger partial charge in [-0.2, -0.15) is 0 Å². The summed E-state index contributed by atoms with van der Waals surface area (Å²) in [5.74, 6) is 1.84. The number of likely N-dealkylation sites (N-methyl/N-ethyl adjacent to an activating group) is 1. The lowest BCUT2D eigenvalue weighted by Gasteiger charge is -2.27. The third kappa shape index (κ3) is 4.67. The molecule has 5 rings (SSSR count). The predicted molar refractivity (Wildman–Crippen MR) is 147 cm³/mol. The third-order valence-corrected chi connectivity index (χ3v) is 7.49. The molecule has 1 aromatic heterocycles. The molecule has 0 bridgehead atoms. The third-order valence-electron chi connectivity index (χ3n) is 7.49. The van der Waals surface area contributed by atoms with Crippen LogP contribution in [-0.2, 0) is 9.53 Å². The summed E-state index contributed by atoms with van der Waals surface area (Å²) in [4.78, 5) is 17.8. The molecule has 0 saturated heterocycles. The molecule has 36 heavy (non-hydrogen) atoms. The molecule has 2 heterocycles. The van der Waals surface area contributed by atoms with Gasteiger partial charge in [0.05, 0.1) is 0 Å². The van der Waals surface area contributed by atoms with Gasteiger partial charge >= 0.3 is 0 Å². The summed E-state index contributed by atoms with van der Waals surface area (Å²) in [5.41, 5.74) is 4.82. The Morgan fingerprint density at radius 3 is 2.36 bits per heavy atom. The maximum atomic E-state index is 13.2. The zero-order valence-corrected chi connectivity index (χ0v) is 21.8. The fraction of sp³-hybridized carbons (Fsp3) is 0.387. The van der Waals surface area contributed by atoms with Crippen LogP contribution in [0.3, 0.4) is 0 Å². The second-order valence-electron chi connectivity index (χ2n) is 9.56. The van der Waals surface area contributed by atoms with E-state index >= 15 is 0 Å². The quantitative estimate of drug-likeness (QED) is 0.393. The standard InChI is InChI=1S/C31H36N2O3/c1-5-32(6-2)25-13-11-21-15-27(35-29(21)19-25)17-23-9-10-24(31(23)34)18-28-16-22-12-14-26(20-30(22)36-28)33(7-3)8-4/h11-21,29H,5-10H2,1-4H3. The summed E-state index contributed by atoms with van der Waals surface area (Å²) in [6.45, 7) is 12.5. The van der Waals surface area contributed by atoms with Crippen molar-refractivity contribution in [2.45, 2.75) is 46.6 Å². The van der Waals surface area contributed by atoms with Crippen molar-refractivity contribution >= 4 is 28.5 Å². The lowest BCUT2D eigenvalue weighted by Crippen LogP contribution is -2.26. The fourth-order valence-corrected chi connectivity index (χ4v) is 5.40. The van der Waals surface area contributed by atoms with E-state index in [9.17, 15) is 4.79 Å². The average Bonchev–Trinajstić information content (AvgIpc) is 3.58. The molecule has 1 aliphatic heterocycles. The first-order valence-corrected chi connectivity index (χ1v) is 13.3. The van der Waals surface area contributed by atoms with E-state index in [1.165, 1.54) is 5.70 Å². The Hall–Kier alpha value is -3.47. The highest BCUT2D eigenvalue weighted by molar-refractivity contribution is 6.13. The number of fused-ring (bicyclic) bond motifs is 2. The van der Waals surface area contributed by atoms with E-state index in [1.807, 2.05) is 18.2 Å². The summed E-state index contributed by atoms with van der Waals surface area (Å²) < 4.78 is 12.3. The normalized spacial score (nSPS) is 23.3. The highest BCUT2D eigenvalue weighted by Gasteiger charge is 2.30. The van der Waals surface area contributed by atoms with Crippen molar-refractivity contribution < 1.29 is 13.9 Å². The van der Waals surface area contributed by atoms with Gasteiger partial charge in [0.1, 0.15) is 23.2 Å². The van der Waals surface area contributed by atoms with Crippen molar-refractivity contribution in [1.29, 1.82) is 0 Å². The van der Waals surface area contributed by atoms with E-state index < -0.39 is 0 Å². The summed E-state index contributed by atoms with van der Waals surface area (Å²) in [6.07, 6.45) is 14.0. The number of hydrogen-bond donors (Lipinski definition) is 0. The van der Waals surface area contributed by atoms with Gasteiger partial charge in [-0.1, -0.05) is 6.08 Å². The molecule has 2 unspecified atom stereocenters. The van der Waals surface area contributed by atoms with Gasteiger partial charge in [0.15, 0.2) is 5.78 Å². The highest BCUT2D eigenvalue weighted by Crippen LogP contribution is 2.35. The Morgan fingerprint density at radius 1 is 0.917 bits per heavy atom. The van der Waals surface area contributed by atoms with Crippen molar-refractivity contribution in [3.63, 3.8) is 0 Å². The monoisotopic (exact) mass is 484 g/mol. The smallest absolute Gasteiger partial charge is 0.185 e. The van der Waals surface area contributed by atoms with Crippen LogP contribution in [0.2, 0.25) is 0 Å². The van der Waals surface area contributed by atoms with E-state index in [-0.39, 0.29) is 17.8 Å². The number of hydrogen-bond acceptors (Lipinski definition) is 5. The minimum Gasteiger partial charge on any atom is -0.486 e. The summed E-state index contributed by atoms with van der Waals surface area (Å²) in [6, 6.07) is 8.33. The van der Waals surface area contributed by atoms with E-state index in [2.05, 4.69) is 80.0 Å². The van der Waals surface area contributed by atoms with Crippen LogP contribution >= 0.6 is 0 Å². The minimum absolute atomic E-state index is 0.000692. The first-order valence-electron chi connectivity index (χ1n) is 13.3. The van der Waals surface area contributed by atoms with Gasteiger partial charge in [0.2, 0.25) is 0 Å². The van der Waals surface area contributed by atoms with E-state index in [1.54, 1.807) is 0 Å². The number of nitrogens with zero attached hydrogens (tertiary/aromatic N) is 2. The molecule has 5 nitrogen and oxygen atoms in total. The van der Waals surface area contributed by atoms with Gasteiger partial charge in [0, 0.05) is 66.1 Å². The molecule has 0 N–H and O–H groups in total. The van der Waals surface area contributed by atoms with Crippen molar-refractivity contribution in [2.75, 3.05) is 31.1 Å². The van der Waals surface area contributed by atoms with Crippen LogP contribution in [0.1, 0.15) is 46.3 Å². The number of Topliss-reactive ketones (excluding diaryl/α,β-unsaturated/α-hetero) is 1. The second-order valence-corrected chi connectivity index (χ2v) is 9.56. The molecule has 1 fully saturated rings. The molecule has 0 radical (unpaired) electrons. The summed E-state index contributed by atoms with van der Waals surface area (Å²) in [5, 5.41) is 1.05. The van der Waals surface area contributed by atoms with Crippen molar-refractivity contribution in [3.8, 4) is 0 Å². The number of ether oxygens (including phenoxy) is 1. The van der Waals surface area contributed by atoms with Gasteiger partial charge in [-0.25, -0.2) is 0 Å². The average molecular weight is 485 g/mol. The summed E-state index contributed by atoms with van der Waals surface area (Å²) >= 11 is 0. The number of rotatable bonds is 8. The molecular formula is C31H36N2O3. The Kier molecular flexibility index (Phi) is 6.90. The number of anilines is 1. The fourth-order valence-electron chi connectivity index (χ4n) is 5.40. The highest BCUT2D eigenvalue weighted by atomic mass is 16.5. The number of carbonyl (C=O) groups is 1. The molecule has 1 aromatic carbocycles. The van der Waals surface area contributed by atoms with Crippen LogP contribution < -0.4 is 4.90 Å². The zero-order valence-electron chi connectivity index (χ0n) is 21.8. The van der Waals surface area contributed by atoms with Crippen molar-refractivity contribution in [1.82, 2.24) is 4.90 Å². The SMILES string of the molecule is CCN(CC)C1=CC2OC(C=C3CCC(=Cc4cc5ccc(N(CC)CC)cc5o4)C3=O)=CC2C=C1. The topological polar surface area (TPSA) is 45.9 Å². The van der Waals surface area contributed by atoms with Crippen LogP contribution in [0.4, 0.5) is 5.69 Å². The predicted octanol–water partition coefficient (Wildman–Crippen LogP) is 6.65. The molecule has 0 spiro atoms. The minimum atomic E-state index is 0.000692. The first kappa shape index (κ1) is 24.2. The molecule has 2 aliphatic carbocycles. The van der Waals surface area contributed by atoms with Gasteiger partial charge in [-0.3, -0.25) is 4.79 Å². The van der Waals surface area contributed by atoms with Gasteiger partial charge in [0.25, 0.3) is 0 Å². The molecule has 2 aromatic rings. The number of ketones is 1. The molecule has 3 aliphatic rings. The molecule has 0 amide bonds. The molecule has 188 valence electrons. The van der Waals surface area contributed by atoms with Gasteiger partial charge in [-0.05, 0) is 89.1 Å². The Morgan fingerprint density at radius 2 is 1.64 bits per heavy atom. The zero-order chi connectivity index (χ0) is 25.2. The maximum Gasteiger partial charge on any atom is 0.185 e. The van der Waals surface area contributed by atoms with Gasteiger partial charge < -0.3 is 19.0 Å². The first-order chi connectivity index (χ1) is 17.5. The van der Waals surface area contributed by atoms with E-state index in [0.29, 0.717) is 0 Å². The number of furan rings is 1. The van der Waals surface area contributed by atoms with Crippen LogP contribution in [0.5, 0.6) is 0 Å². The maximum absolute atomic E-state index is 13.2. The van der Waals surface area contributed by atoms with Crippen LogP contribution in [0.15, 0.2) is 81.7 Å². The molecular weight excluding hydrogens is 448 g/mol. The number of allylic oxidation sites excluding steroid dienone is 4. The van der Waals surface area contributed by atoms with Gasteiger partial charge in [-0.15, -0.1) is 0 Å². The Bertz CT molecular complexity index is 1300. The van der Waals surface area contributed by atoms with Crippen LogP contribution in [0, 0.1) is 5.92 Å². The Labute approximate surface area is 214 Å². The van der Waals surface area contributed by atoms with Crippen molar-refractivity contribution in [3.05, 3.63) is 83.0 Å².